The number of amides is 1. The summed E-state index contributed by atoms with van der Waals surface area (Å²) in [6, 6.07) is 16.3. The fraction of sp³-hybridized carbons (Fsp3) is 0.136. The third-order valence-electron chi connectivity index (χ3n) is 4.78. The van der Waals surface area contributed by atoms with E-state index in [1.165, 1.54) is 19.2 Å². The Balaban J connectivity index is 1.63. The van der Waals surface area contributed by atoms with Gasteiger partial charge in [-0.1, -0.05) is 12.1 Å². The number of anilines is 1. The molecule has 0 aliphatic carbocycles. The minimum atomic E-state index is -0.493. The molecule has 4 rings (SSSR count). The molecule has 2 heterocycles. The second kappa shape index (κ2) is 7.71. The molecule has 0 bridgehead atoms. The van der Waals surface area contributed by atoms with Crippen LogP contribution in [0.4, 0.5) is 10.1 Å². The number of ether oxygens (including phenoxy) is 1. The second-order valence-electron chi connectivity index (χ2n) is 6.61. The summed E-state index contributed by atoms with van der Waals surface area (Å²) < 4.78 is 17.9. The van der Waals surface area contributed by atoms with Crippen LogP contribution in [0.3, 0.4) is 0 Å². The van der Waals surface area contributed by atoms with Gasteiger partial charge in [-0.3, -0.25) is 9.78 Å². The molecule has 1 aliphatic heterocycles. The predicted octanol–water partition coefficient (Wildman–Crippen LogP) is 3.77. The van der Waals surface area contributed by atoms with E-state index in [9.17, 15) is 14.0 Å². The van der Waals surface area contributed by atoms with Crippen LogP contribution in [0.25, 0.3) is 0 Å². The maximum atomic E-state index is 13.2. The molecule has 0 radical (unpaired) electrons. The predicted molar refractivity (Wildman–Crippen MR) is 105 cm³/mol. The molecule has 0 saturated carbocycles. The van der Waals surface area contributed by atoms with Crippen LogP contribution < -0.4 is 5.32 Å². The number of hydrogen-bond donors (Lipinski definition) is 1. The van der Waals surface area contributed by atoms with Crippen LogP contribution in [0.15, 0.2) is 66.9 Å². The van der Waals surface area contributed by atoms with Gasteiger partial charge in [0.15, 0.2) is 0 Å². The molecule has 146 valence electrons. The van der Waals surface area contributed by atoms with Gasteiger partial charge in [0.2, 0.25) is 0 Å². The Labute approximate surface area is 166 Å². The van der Waals surface area contributed by atoms with Gasteiger partial charge in [-0.2, -0.15) is 0 Å². The molecule has 3 aromatic rings. The van der Waals surface area contributed by atoms with Gasteiger partial charge in [-0.05, 0) is 54.1 Å². The summed E-state index contributed by atoms with van der Waals surface area (Å²) >= 11 is 0. The van der Waals surface area contributed by atoms with E-state index in [0.29, 0.717) is 23.4 Å². The minimum absolute atomic E-state index is 0.152. The zero-order valence-electron chi connectivity index (χ0n) is 15.6. The van der Waals surface area contributed by atoms with Crippen LogP contribution in [0, 0.1) is 5.82 Å². The quantitative estimate of drug-likeness (QED) is 0.671. The van der Waals surface area contributed by atoms with Crippen molar-refractivity contribution in [3.05, 3.63) is 95.1 Å². The molecule has 29 heavy (non-hydrogen) atoms. The first-order valence-electron chi connectivity index (χ1n) is 9.02. The number of carbonyl (C=O) groups is 2. The van der Waals surface area contributed by atoms with Gasteiger partial charge in [0.25, 0.3) is 5.91 Å². The molecular formula is C22H18FN3O3. The van der Waals surface area contributed by atoms with Crippen LogP contribution >= 0.6 is 0 Å². The summed E-state index contributed by atoms with van der Waals surface area (Å²) in [7, 11) is 1.33. The van der Waals surface area contributed by atoms with Gasteiger partial charge in [-0.15, -0.1) is 0 Å². The smallest absolute Gasteiger partial charge is 0.337 e. The van der Waals surface area contributed by atoms with E-state index in [0.717, 1.165) is 11.3 Å². The highest BCUT2D eigenvalue weighted by molar-refractivity contribution is 5.99. The van der Waals surface area contributed by atoms with Crippen molar-refractivity contribution in [2.24, 2.45) is 0 Å². The van der Waals surface area contributed by atoms with Crippen molar-refractivity contribution in [2.75, 3.05) is 12.4 Å². The lowest BCUT2D eigenvalue weighted by atomic mass is 10.2. The highest BCUT2D eigenvalue weighted by Crippen LogP contribution is 2.34. The second-order valence-corrected chi connectivity index (χ2v) is 6.61. The average Bonchev–Trinajstić information content (AvgIpc) is 3.01. The number of fused-ring (bicyclic) bond motifs is 1. The van der Waals surface area contributed by atoms with E-state index in [2.05, 4.69) is 10.3 Å². The Morgan fingerprint density at radius 2 is 1.86 bits per heavy atom. The molecule has 1 unspecified atom stereocenters. The van der Waals surface area contributed by atoms with E-state index >= 15 is 0 Å². The maximum Gasteiger partial charge on any atom is 0.337 e. The van der Waals surface area contributed by atoms with E-state index in [1.54, 1.807) is 59.6 Å². The Bertz CT molecular complexity index is 1050. The number of rotatable bonds is 5. The Morgan fingerprint density at radius 3 is 2.55 bits per heavy atom. The summed E-state index contributed by atoms with van der Waals surface area (Å²) in [4.78, 5) is 30.6. The number of nitrogens with one attached hydrogen (secondary N) is 1. The van der Waals surface area contributed by atoms with E-state index in [4.69, 9.17) is 4.74 Å². The zero-order valence-corrected chi connectivity index (χ0v) is 15.6. The van der Waals surface area contributed by atoms with Gasteiger partial charge in [0, 0.05) is 18.4 Å². The van der Waals surface area contributed by atoms with E-state index in [1.807, 2.05) is 0 Å². The van der Waals surface area contributed by atoms with Gasteiger partial charge in [-0.25, -0.2) is 9.18 Å². The van der Waals surface area contributed by atoms with Crippen LogP contribution in [0.2, 0.25) is 0 Å². The summed E-state index contributed by atoms with van der Waals surface area (Å²) in [6.07, 6.45) is 1.15. The van der Waals surface area contributed by atoms with E-state index in [-0.39, 0.29) is 11.7 Å². The van der Waals surface area contributed by atoms with Gasteiger partial charge < -0.3 is 15.0 Å². The minimum Gasteiger partial charge on any atom is -0.465 e. The fourth-order valence-corrected chi connectivity index (χ4v) is 3.31. The average molecular weight is 391 g/mol. The van der Waals surface area contributed by atoms with Crippen molar-refractivity contribution in [1.29, 1.82) is 0 Å². The topological polar surface area (TPSA) is 71.5 Å². The number of aromatic nitrogens is 1. The van der Waals surface area contributed by atoms with Crippen LogP contribution in [0.5, 0.6) is 0 Å². The monoisotopic (exact) mass is 391 g/mol. The molecule has 1 aliphatic rings. The number of halogens is 1. The number of hydrogen-bond acceptors (Lipinski definition) is 5. The third-order valence-corrected chi connectivity index (χ3v) is 4.78. The summed E-state index contributed by atoms with van der Waals surface area (Å²) in [5, 5.41) is 3.31. The number of pyridine rings is 1. The van der Waals surface area contributed by atoms with E-state index < -0.39 is 12.1 Å². The molecule has 6 nitrogen and oxygen atoms in total. The van der Waals surface area contributed by atoms with Crippen molar-refractivity contribution < 1.29 is 18.7 Å². The molecule has 0 saturated heterocycles. The molecule has 1 N–H and O–H groups in total. The number of nitrogens with zero attached hydrogens (tertiary/aromatic N) is 2. The standard InChI is InChI=1S/C22H18FN3O3/c1-29-22(28)15-6-10-17(11-7-15)25-20-19-18(3-2-12-24-19)21(27)26(20)13-14-4-8-16(23)9-5-14/h2-12,20,25H,13H2,1H3. The van der Waals surface area contributed by atoms with Crippen LogP contribution in [-0.4, -0.2) is 28.9 Å². The Hall–Kier alpha value is -3.74. The summed E-state index contributed by atoms with van der Waals surface area (Å²) in [5.41, 5.74) is 3.11. The molecule has 0 spiro atoms. The highest BCUT2D eigenvalue weighted by Gasteiger charge is 2.37. The maximum absolute atomic E-state index is 13.2. The first-order chi connectivity index (χ1) is 14.1. The zero-order chi connectivity index (χ0) is 20.4. The van der Waals surface area contributed by atoms with Gasteiger partial charge in [0.05, 0.1) is 23.9 Å². The Kier molecular flexibility index (Phi) is 4.95. The largest absolute Gasteiger partial charge is 0.465 e. The third kappa shape index (κ3) is 3.67. The molecule has 0 fully saturated rings. The molecule has 1 amide bonds. The molecule has 1 atom stereocenters. The molecule has 7 heteroatoms. The number of carbonyl (C=O) groups excluding carboxylic acids is 2. The van der Waals surface area contributed by atoms with Gasteiger partial charge in [0.1, 0.15) is 12.0 Å². The van der Waals surface area contributed by atoms with Crippen molar-refractivity contribution in [3.8, 4) is 0 Å². The summed E-state index contributed by atoms with van der Waals surface area (Å²) in [5.74, 6) is -0.898. The fourth-order valence-electron chi connectivity index (χ4n) is 3.31. The molecular weight excluding hydrogens is 373 g/mol. The van der Waals surface area contributed by atoms with Crippen molar-refractivity contribution in [3.63, 3.8) is 0 Å². The van der Waals surface area contributed by atoms with Crippen LogP contribution in [-0.2, 0) is 11.3 Å². The van der Waals surface area contributed by atoms with Crippen molar-refractivity contribution in [1.82, 2.24) is 9.88 Å². The van der Waals surface area contributed by atoms with Crippen LogP contribution in [0.1, 0.15) is 38.1 Å². The summed E-state index contributed by atoms with van der Waals surface area (Å²) in [6.45, 7) is 0.299. The Morgan fingerprint density at radius 1 is 1.14 bits per heavy atom. The number of methoxy groups -OCH3 is 1. The SMILES string of the molecule is COC(=O)c1ccc(NC2c3ncccc3C(=O)N2Cc2ccc(F)cc2)cc1. The van der Waals surface area contributed by atoms with Crippen molar-refractivity contribution >= 4 is 17.6 Å². The van der Waals surface area contributed by atoms with Gasteiger partial charge >= 0.3 is 5.97 Å². The first kappa shape index (κ1) is 18.6. The first-order valence-corrected chi connectivity index (χ1v) is 9.02. The molecule has 1 aromatic heterocycles. The number of benzene rings is 2. The lowest BCUT2D eigenvalue weighted by Gasteiger charge is -2.26. The lowest BCUT2D eigenvalue weighted by molar-refractivity contribution is 0.0600. The normalized spacial score (nSPS) is 15.2. The molecule has 2 aromatic carbocycles. The highest BCUT2D eigenvalue weighted by atomic mass is 19.1. The lowest BCUT2D eigenvalue weighted by Crippen LogP contribution is -2.32. The number of esters is 1. The van der Waals surface area contributed by atoms with Crippen molar-refractivity contribution in [2.45, 2.75) is 12.7 Å².